The van der Waals surface area contributed by atoms with Crippen molar-refractivity contribution in [1.82, 2.24) is 0 Å². The molecule has 8 nitrogen and oxygen atoms in total. The Kier molecular flexibility index (Phi) is 13.1. The molecule has 0 unspecified atom stereocenters. The Balaban J connectivity index is 0.000000189. The average Bonchev–Trinajstić information content (AvgIpc) is 2.97. The summed E-state index contributed by atoms with van der Waals surface area (Å²) in [6.07, 6.45) is 0. The number of rotatable bonds is 3. The molecule has 0 atom stereocenters. The largest absolute Gasteiger partial charge is 1.00 e. The van der Waals surface area contributed by atoms with Crippen molar-refractivity contribution >= 4 is 77.9 Å². The smallest absolute Gasteiger partial charge is 0.744 e. The predicted octanol–water partition coefficient (Wildman–Crippen LogP) is 4.69. The summed E-state index contributed by atoms with van der Waals surface area (Å²) in [4.78, 5) is 23.4. The molecule has 0 saturated carbocycles. The van der Waals surface area contributed by atoms with Gasteiger partial charge in [0.1, 0.15) is 27.4 Å². The van der Waals surface area contributed by atoms with Crippen LogP contribution in [0.2, 0.25) is 0 Å². The molecule has 0 fully saturated rings. The van der Waals surface area contributed by atoms with Gasteiger partial charge in [-0.05, 0) is 52.6 Å². The topological polar surface area (TPSA) is 141 Å². The fourth-order valence-electron chi connectivity index (χ4n) is 4.40. The molecule has 0 aliphatic heterocycles. The number of carbonyl (C=O) groups excluding carboxylic acids is 2. The van der Waals surface area contributed by atoms with Crippen molar-refractivity contribution in [2.45, 2.75) is 28.5 Å². The Morgan fingerprint density at radius 1 is 0.717 bits per heavy atom. The maximum absolute atomic E-state index is 11.1. The van der Waals surface area contributed by atoms with Crippen LogP contribution in [0.3, 0.4) is 0 Å². The number of esters is 1. The first-order chi connectivity index (χ1) is 21.3. The molecule has 0 spiro atoms. The quantitative estimate of drug-likeness (QED) is 0.0606. The van der Waals surface area contributed by atoms with Gasteiger partial charge in [0.25, 0.3) is 0 Å². The maximum Gasteiger partial charge on any atom is 1.00 e. The third-order valence-corrected chi connectivity index (χ3v) is 8.07. The Morgan fingerprint density at radius 3 is 1.72 bits per heavy atom. The zero-order valence-corrected chi connectivity index (χ0v) is 29.5. The molecule has 0 heterocycles. The first kappa shape index (κ1) is 36.9. The van der Waals surface area contributed by atoms with Gasteiger partial charge >= 0.3 is 35.5 Å². The molecular formula is C34H27NaO8S3. The third-order valence-electron chi connectivity index (χ3n) is 6.24. The van der Waals surface area contributed by atoms with Gasteiger partial charge in [-0.2, -0.15) is 0 Å². The normalized spacial score (nSPS) is 10.6. The summed E-state index contributed by atoms with van der Waals surface area (Å²) in [5.41, 5.74) is 0. The third kappa shape index (κ3) is 9.97. The molecule has 0 aliphatic carbocycles. The Labute approximate surface area is 297 Å². The van der Waals surface area contributed by atoms with E-state index >= 15 is 0 Å². The number of benzene rings is 6. The molecule has 2 N–H and O–H groups in total. The van der Waals surface area contributed by atoms with Crippen LogP contribution in [0.1, 0.15) is 13.8 Å². The number of thiol groups is 1. The van der Waals surface area contributed by atoms with Crippen LogP contribution < -0.4 is 34.3 Å². The molecule has 230 valence electrons. The standard InChI is InChI=1S/C14H12O3S.C10H8O4S.C10H8OS.Na/c1-9(15)17-14-8-12(18-10(2)16)7-11-5-3-4-6-13(11)14;11-10-6-8(15(12,13)14)5-7-3-1-2-4-9(7)10;11-10-6-8(12)5-7-3-1-2-4-9(7)10;/h3-8H,1-2H3;1-6,11H,(H,12,13,14);1-6,11-12H;/q;;;+1/p-1. The van der Waals surface area contributed by atoms with Gasteiger partial charge in [0.05, 0.1) is 4.90 Å². The molecule has 46 heavy (non-hydrogen) atoms. The van der Waals surface area contributed by atoms with E-state index in [4.69, 9.17) is 4.74 Å². The number of phenols is 2. The summed E-state index contributed by atoms with van der Waals surface area (Å²) in [6.45, 7) is 2.87. The van der Waals surface area contributed by atoms with Gasteiger partial charge in [-0.25, -0.2) is 8.42 Å². The van der Waals surface area contributed by atoms with Gasteiger partial charge < -0.3 is 19.5 Å². The van der Waals surface area contributed by atoms with Crippen LogP contribution in [-0.2, 0) is 19.7 Å². The minimum atomic E-state index is -4.53. The second-order valence-corrected chi connectivity index (χ2v) is 12.8. The van der Waals surface area contributed by atoms with Crippen molar-refractivity contribution in [3.63, 3.8) is 0 Å². The zero-order valence-electron chi connectivity index (χ0n) is 25.0. The minimum Gasteiger partial charge on any atom is -0.744 e. The van der Waals surface area contributed by atoms with E-state index in [1.807, 2.05) is 60.7 Å². The Morgan fingerprint density at radius 2 is 1.20 bits per heavy atom. The average molecular weight is 683 g/mol. The van der Waals surface area contributed by atoms with Crippen LogP contribution in [0.15, 0.2) is 124 Å². The minimum absolute atomic E-state index is 0. The summed E-state index contributed by atoms with van der Waals surface area (Å²) in [6, 6.07) is 31.4. The van der Waals surface area contributed by atoms with E-state index in [0.29, 0.717) is 16.5 Å². The number of ether oxygens (including phenoxy) is 1. The van der Waals surface area contributed by atoms with Gasteiger partial charge in [0.2, 0.25) is 0 Å². The molecule has 0 saturated heterocycles. The predicted molar refractivity (Wildman–Crippen MR) is 178 cm³/mol. The van der Waals surface area contributed by atoms with E-state index < -0.39 is 15.0 Å². The van der Waals surface area contributed by atoms with E-state index in [-0.39, 0.29) is 52.1 Å². The molecule has 12 heteroatoms. The molecule has 0 aliphatic rings. The second-order valence-electron chi connectivity index (χ2n) is 9.63. The fourth-order valence-corrected chi connectivity index (χ4v) is 5.87. The van der Waals surface area contributed by atoms with Gasteiger partial charge in [-0.1, -0.05) is 84.6 Å². The van der Waals surface area contributed by atoms with E-state index in [0.717, 1.165) is 49.2 Å². The molecule has 6 aromatic carbocycles. The number of aromatic hydroxyl groups is 2. The van der Waals surface area contributed by atoms with Crippen molar-refractivity contribution < 1.29 is 67.1 Å². The number of thioether (sulfide) groups is 1. The van der Waals surface area contributed by atoms with Crippen LogP contribution in [0.25, 0.3) is 32.3 Å². The Hall–Kier alpha value is -3.55. The van der Waals surface area contributed by atoms with Crippen molar-refractivity contribution in [2.24, 2.45) is 0 Å². The number of hydrogen-bond acceptors (Lipinski definition) is 10. The number of phenolic OH excluding ortho intramolecular Hbond substituents is 2. The molecule has 0 amide bonds. The number of fused-ring (bicyclic) bond motifs is 3. The summed E-state index contributed by atoms with van der Waals surface area (Å²) >= 11 is 5.29. The summed E-state index contributed by atoms with van der Waals surface area (Å²) in [5, 5.41) is 23.7. The molecule has 0 aromatic heterocycles. The van der Waals surface area contributed by atoms with Crippen molar-refractivity contribution in [1.29, 1.82) is 0 Å². The van der Waals surface area contributed by atoms with Gasteiger partial charge in [-0.15, -0.1) is 12.6 Å². The van der Waals surface area contributed by atoms with Gasteiger partial charge in [0, 0.05) is 39.8 Å². The van der Waals surface area contributed by atoms with Crippen LogP contribution >= 0.6 is 24.4 Å². The van der Waals surface area contributed by atoms with E-state index in [1.54, 1.807) is 36.4 Å². The van der Waals surface area contributed by atoms with Gasteiger partial charge in [-0.3, -0.25) is 9.59 Å². The molecular weight excluding hydrogens is 656 g/mol. The van der Waals surface area contributed by atoms with E-state index in [2.05, 4.69) is 12.6 Å². The van der Waals surface area contributed by atoms with E-state index in [1.165, 1.54) is 19.9 Å². The summed E-state index contributed by atoms with van der Waals surface area (Å²) in [5.74, 6) is 0.204. The Bertz CT molecular complexity index is 2150. The fraction of sp³-hybridized carbons (Fsp3) is 0.0588. The second kappa shape index (κ2) is 16.3. The first-order valence-corrected chi connectivity index (χ1v) is 16.0. The van der Waals surface area contributed by atoms with Crippen LogP contribution in [-0.4, -0.2) is 34.3 Å². The maximum atomic E-state index is 11.1. The number of hydrogen-bond donors (Lipinski definition) is 3. The molecule has 0 radical (unpaired) electrons. The number of carbonyl (C=O) groups is 2. The van der Waals surface area contributed by atoms with E-state index in [9.17, 15) is 32.8 Å². The van der Waals surface area contributed by atoms with Crippen molar-refractivity contribution in [2.75, 3.05) is 0 Å². The monoisotopic (exact) mass is 682 g/mol. The SMILES string of the molecule is CC(=O)Oc1cc(SC(C)=O)cc2ccccc12.O=S(=O)([O-])c1cc(O)c2ccccc2c1.Oc1cc(S)cc2ccccc12.[Na+]. The zero-order chi connectivity index (χ0) is 32.7. The summed E-state index contributed by atoms with van der Waals surface area (Å²) < 4.78 is 37.5. The van der Waals surface area contributed by atoms with Crippen molar-refractivity contribution in [3.05, 3.63) is 109 Å². The van der Waals surface area contributed by atoms with Crippen LogP contribution in [0, 0.1) is 0 Å². The van der Waals surface area contributed by atoms with Crippen LogP contribution in [0.4, 0.5) is 0 Å². The van der Waals surface area contributed by atoms with Crippen molar-refractivity contribution in [3.8, 4) is 17.2 Å². The first-order valence-electron chi connectivity index (χ1n) is 13.3. The van der Waals surface area contributed by atoms with Gasteiger partial charge in [0.15, 0.2) is 5.12 Å². The molecule has 6 aromatic rings. The molecule has 0 bridgehead atoms. The van der Waals surface area contributed by atoms with Crippen LogP contribution in [0.5, 0.6) is 17.2 Å². The summed E-state index contributed by atoms with van der Waals surface area (Å²) in [7, 11) is -4.53. The molecule has 6 rings (SSSR count).